The number of hydrogen-bond donors (Lipinski definition) is 1. The summed E-state index contributed by atoms with van der Waals surface area (Å²) in [6.07, 6.45) is 3.93. The summed E-state index contributed by atoms with van der Waals surface area (Å²) < 4.78 is 0. The third-order valence-corrected chi connectivity index (χ3v) is 5.23. The van der Waals surface area contributed by atoms with Crippen LogP contribution in [0.15, 0.2) is 29.3 Å². The number of guanidine groups is 1. The molecular weight excluding hydrogens is 296 g/mol. The molecule has 0 radical (unpaired) electrons. The highest BCUT2D eigenvalue weighted by molar-refractivity contribution is 5.79. The molecule has 0 saturated carbocycles. The average Bonchev–Trinajstić information content (AvgIpc) is 2.61. The quantitative estimate of drug-likeness (QED) is 0.642. The third-order valence-electron chi connectivity index (χ3n) is 5.23. The van der Waals surface area contributed by atoms with Gasteiger partial charge in [0.1, 0.15) is 0 Å². The predicted molar refractivity (Wildman–Crippen MR) is 103 cm³/mol. The zero-order chi connectivity index (χ0) is 17.4. The van der Waals surface area contributed by atoms with Gasteiger partial charge in [-0.1, -0.05) is 31.2 Å². The number of aliphatic imine (C=N–C) groups is 1. The first-order valence-electron chi connectivity index (χ1n) is 9.32. The molecular formula is C20H34N4. The zero-order valence-corrected chi connectivity index (χ0v) is 15.9. The zero-order valence-electron chi connectivity index (χ0n) is 15.9. The molecule has 0 bridgehead atoms. The van der Waals surface area contributed by atoms with Crippen LogP contribution < -0.4 is 5.32 Å². The lowest BCUT2D eigenvalue weighted by Gasteiger charge is -2.31. The summed E-state index contributed by atoms with van der Waals surface area (Å²) >= 11 is 0. The van der Waals surface area contributed by atoms with Gasteiger partial charge in [-0.2, -0.15) is 0 Å². The summed E-state index contributed by atoms with van der Waals surface area (Å²) in [6, 6.07) is 8.56. The smallest absolute Gasteiger partial charge is 0.193 e. The number of rotatable bonds is 6. The lowest BCUT2D eigenvalue weighted by atomic mass is 9.93. The van der Waals surface area contributed by atoms with Crippen LogP contribution in [0.25, 0.3) is 0 Å². The number of piperidine rings is 1. The summed E-state index contributed by atoms with van der Waals surface area (Å²) in [5.41, 5.74) is 2.69. The molecule has 1 fully saturated rings. The molecule has 1 aromatic rings. The van der Waals surface area contributed by atoms with Crippen molar-refractivity contribution in [2.24, 2.45) is 10.9 Å². The van der Waals surface area contributed by atoms with Crippen LogP contribution in [0.2, 0.25) is 0 Å². The summed E-state index contributed by atoms with van der Waals surface area (Å²) in [4.78, 5) is 9.21. The van der Waals surface area contributed by atoms with Crippen LogP contribution in [0, 0.1) is 12.8 Å². The third kappa shape index (κ3) is 5.52. The Kier molecular flexibility index (Phi) is 7.57. The minimum atomic E-state index is 0.861. The van der Waals surface area contributed by atoms with Crippen molar-refractivity contribution in [1.29, 1.82) is 0 Å². The van der Waals surface area contributed by atoms with Gasteiger partial charge >= 0.3 is 0 Å². The molecule has 0 spiro atoms. The fourth-order valence-electron chi connectivity index (χ4n) is 3.48. The largest absolute Gasteiger partial charge is 0.356 e. The SMILES string of the molecule is CCN1CCC(CCNC(=NC)N(C)Cc2ccccc2C)CC1. The van der Waals surface area contributed by atoms with Crippen molar-refractivity contribution in [1.82, 2.24) is 15.1 Å². The van der Waals surface area contributed by atoms with E-state index in [2.05, 4.69) is 65.3 Å². The molecule has 134 valence electrons. The molecule has 1 heterocycles. The number of nitrogens with one attached hydrogen (secondary N) is 1. The van der Waals surface area contributed by atoms with Gasteiger partial charge in [-0.3, -0.25) is 4.99 Å². The summed E-state index contributed by atoms with van der Waals surface area (Å²) in [5.74, 6) is 1.85. The first-order valence-corrected chi connectivity index (χ1v) is 9.32. The van der Waals surface area contributed by atoms with Crippen LogP contribution >= 0.6 is 0 Å². The molecule has 4 heteroatoms. The first-order chi connectivity index (χ1) is 11.6. The highest BCUT2D eigenvalue weighted by atomic mass is 15.3. The van der Waals surface area contributed by atoms with E-state index in [1.165, 1.54) is 50.0 Å². The van der Waals surface area contributed by atoms with Crippen molar-refractivity contribution >= 4 is 5.96 Å². The lowest BCUT2D eigenvalue weighted by Crippen LogP contribution is -2.40. The van der Waals surface area contributed by atoms with E-state index in [0.717, 1.165) is 25.0 Å². The normalized spacial score (nSPS) is 17.1. The Morgan fingerprint density at radius 1 is 1.29 bits per heavy atom. The number of hydrogen-bond acceptors (Lipinski definition) is 2. The molecule has 0 unspecified atom stereocenters. The van der Waals surface area contributed by atoms with Gasteiger partial charge in [0.2, 0.25) is 0 Å². The summed E-state index contributed by atoms with van der Waals surface area (Å²) in [7, 11) is 3.98. The van der Waals surface area contributed by atoms with Gasteiger partial charge in [0.25, 0.3) is 0 Å². The fraction of sp³-hybridized carbons (Fsp3) is 0.650. The second-order valence-electron chi connectivity index (χ2n) is 6.92. The monoisotopic (exact) mass is 330 g/mol. The lowest BCUT2D eigenvalue weighted by molar-refractivity contribution is 0.187. The van der Waals surface area contributed by atoms with E-state index in [4.69, 9.17) is 0 Å². The van der Waals surface area contributed by atoms with Gasteiger partial charge < -0.3 is 15.1 Å². The molecule has 0 atom stereocenters. The molecule has 4 nitrogen and oxygen atoms in total. The summed E-state index contributed by atoms with van der Waals surface area (Å²) in [5, 5.41) is 3.54. The molecule has 0 amide bonds. The van der Waals surface area contributed by atoms with Crippen molar-refractivity contribution in [3.63, 3.8) is 0 Å². The molecule has 24 heavy (non-hydrogen) atoms. The van der Waals surface area contributed by atoms with Crippen molar-refractivity contribution in [2.75, 3.05) is 40.3 Å². The standard InChI is InChI=1S/C20H34N4/c1-5-24-14-11-18(12-15-24)10-13-22-20(21-3)23(4)16-19-9-7-6-8-17(19)2/h6-9,18H,5,10-16H2,1-4H3,(H,21,22). The Hall–Kier alpha value is -1.55. The van der Waals surface area contributed by atoms with Gasteiger partial charge in [0.15, 0.2) is 5.96 Å². The average molecular weight is 331 g/mol. The highest BCUT2D eigenvalue weighted by Gasteiger charge is 2.18. The Bertz CT molecular complexity index is 518. The van der Waals surface area contributed by atoms with E-state index in [1.54, 1.807) is 0 Å². The number of likely N-dealkylation sites (tertiary alicyclic amines) is 1. The van der Waals surface area contributed by atoms with Crippen molar-refractivity contribution in [3.05, 3.63) is 35.4 Å². The van der Waals surface area contributed by atoms with Crippen molar-refractivity contribution in [2.45, 2.75) is 39.7 Å². The minimum absolute atomic E-state index is 0.861. The molecule has 1 aromatic carbocycles. The van der Waals surface area contributed by atoms with E-state index < -0.39 is 0 Å². The van der Waals surface area contributed by atoms with E-state index in [1.807, 2.05) is 7.05 Å². The molecule has 1 aliphatic heterocycles. The maximum absolute atomic E-state index is 4.45. The van der Waals surface area contributed by atoms with Gasteiger partial charge in [0, 0.05) is 27.2 Å². The van der Waals surface area contributed by atoms with Crippen LogP contribution in [-0.2, 0) is 6.54 Å². The van der Waals surface area contributed by atoms with Crippen LogP contribution in [0.3, 0.4) is 0 Å². The Balaban J connectivity index is 1.75. The Morgan fingerprint density at radius 3 is 2.62 bits per heavy atom. The Morgan fingerprint density at radius 2 is 2.00 bits per heavy atom. The Labute approximate surface area is 147 Å². The molecule has 0 aliphatic carbocycles. The molecule has 2 rings (SSSR count). The summed E-state index contributed by atoms with van der Waals surface area (Å²) in [6.45, 7) is 10.1. The fourth-order valence-corrected chi connectivity index (χ4v) is 3.48. The highest BCUT2D eigenvalue weighted by Crippen LogP contribution is 2.19. The van der Waals surface area contributed by atoms with Gasteiger partial charge in [-0.15, -0.1) is 0 Å². The van der Waals surface area contributed by atoms with E-state index >= 15 is 0 Å². The minimum Gasteiger partial charge on any atom is -0.356 e. The van der Waals surface area contributed by atoms with E-state index in [0.29, 0.717) is 0 Å². The first kappa shape index (κ1) is 18.8. The van der Waals surface area contributed by atoms with Gasteiger partial charge in [-0.25, -0.2) is 0 Å². The molecule has 1 aliphatic rings. The van der Waals surface area contributed by atoms with Crippen LogP contribution in [0.4, 0.5) is 0 Å². The maximum atomic E-state index is 4.45. The van der Waals surface area contributed by atoms with Crippen LogP contribution in [0.5, 0.6) is 0 Å². The van der Waals surface area contributed by atoms with Crippen molar-refractivity contribution in [3.8, 4) is 0 Å². The van der Waals surface area contributed by atoms with Crippen LogP contribution in [0.1, 0.15) is 37.3 Å². The molecule has 1 N–H and O–H groups in total. The second kappa shape index (κ2) is 9.67. The van der Waals surface area contributed by atoms with Gasteiger partial charge in [-0.05, 0) is 62.9 Å². The van der Waals surface area contributed by atoms with E-state index in [9.17, 15) is 0 Å². The number of nitrogens with zero attached hydrogens (tertiary/aromatic N) is 3. The predicted octanol–water partition coefficient (Wildman–Crippen LogP) is 3.12. The maximum Gasteiger partial charge on any atom is 0.193 e. The number of benzene rings is 1. The van der Waals surface area contributed by atoms with Gasteiger partial charge in [0.05, 0.1) is 0 Å². The molecule has 0 aromatic heterocycles. The number of aryl methyl sites for hydroxylation is 1. The van der Waals surface area contributed by atoms with Crippen LogP contribution in [-0.4, -0.2) is 56.0 Å². The molecule has 1 saturated heterocycles. The van der Waals surface area contributed by atoms with Crippen molar-refractivity contribution < 1.29 is 0 Å². The second-order valence-corrected chi connectivity index (χ2v) is 6.92. The topological polar surface area (TPSA) is 30.9 Å². The van der Waals surface area contributed by atoms with E-state index in [-0.39, 0.29) is 0 Å².